The van der Waals surface area contributed by atoms with Crippen LogP contribution in [0.5, 0.6) is 0 Å². The van der Waals surface area contributed by atoms with E-state index >= 15 is 0 Å². The molecule has 0 aromatic heterocycles. The zero-order valence-corrected chi connectivity index (χ0v) is 10.4. The molecule has 2 heteroatoms. The molecule has 1 aromatic carbocycles. The van der Waals surface area contributed by atoms with Crippen LogP contribution in [0.4, 0.5) is 4.39 Å². The molecule has 0 bridgehead atoms. The average Bonchev–Trinajstić information content (AvgIpc) is 2.24. The molecular weight excluding hydrogens is 223 g/mol. The summed E-state index contributed by atoms with van der Waals surface area (Å²) in [6.07, 6.45) is 7.51. The van der Waals surface area contributed by atoms with Crippen LogP contribution >= 0.6 is 11.6 Å². The van der Waals surface area contributed by atoms with Crippen molar-refractivity contribution in [3.8, 4) is 0 Å². The Kier molecular flexibility index (Phi) is 5.27. The zero-order chi connectivity index (χ0) is 12.0. The maximum atomic E-state index is 13.0. The highest BCUT2D eigenvalue weighted by atomic mass is 35.5. The van der Waals surface area contributed by atoms with Crippen molar-refractivity contribution in [3.63, 3.8) is 0 Å². The summed E-state index contributed by atoms with van der Waals surface area (Å²) in [5.74, 6) is -0.169. The van der Waals surface area contributed by atoms with E-state index in [1.807, 2.05) is 31.2 Å². The lowest BCUT2D eigenvalue weighted by Gasteiger charge is -2.02. The Hall–Kier alpha value is -1.08. The van der Waals surface area contributed by atoms with Gasteiger partial charge in [0.25, 0.3) is 0 Å². The Morgan fingerprint density at radius 2 is 2.19 bits per heavy atom. The molecule has 86 valence electrons. The largest absolute Gasteiger partial charge is 0.207 e. The molecule has 0 aliphatic heterocycles. The number of halogens is 2. The van der Waals surface area contributed by atoms with Crippen LogP contribution in [0.3, 0.4) is 0 Å². The lowest BCUT2D eigenvalue weighted by molar-refractivity contribution is 0.618. The van der Waals surface area contributed by atoms with Crippen molar-refractivity contribution in [2.24, 2.45) is 0 Å². The fraction of sp³-hybridized carbons (Fsp3) is 0.286. The Morgan fingerprint density at radius 3 is 2.81 bits per heavy atom. The molecule has 0 spiro atoms. The Bertz CT molecular complexity index is 405. The maximum Gasteiger partial charge on any atom is 0.126 e. The highest BCUT2D eigenvalue weighted by Crippen LogP contribution is 2.15. The summed E-state index contributed by atoms with van der Waals surface area (Å²) in [6.45, 7) is 3.74. The summed E-state index contributed by atoms with van der Waals surface area (Å²) in [5.41, 5.74) is 1.70. The monoisotopic (exact) mass is 238 g/mol. The molecule has 1 aromatic rings. The maximum absolute atomic E-state index is 13.0. The van der Waals surface area contributed by atoms with Gasteiger partial charge in [0.15, 0.2) is 0 Å². The Labute approximate surface area is 101 Å². The van der Waals surface area contributed by atoms with Gasteiger partial charge in [-0.1, -0.05) is 42.0 Å². The van der Waals surface area contributed by atoms with Gasteiger partial charge in [-0.15, -0.1) is 0 Å². The van der Waals surface area contributed by atoms with Gasteiger partial charge in [0.05, 0.1) is 0 Å². The quantitative estimate of drug-likeness (QED) is 0.663. The van der Waals surface area contributed by atoms with E-state index in [2.05, 4.69) is 0 Å². The van der Waals surface area contributed by atoms with E-state index in [9.17, 15) is 4.39 Å². The molecule has 0 nitrogen and oxygen atoms in total. The molecule has 0 saturated carbocycles. The highest BCUT2D eigenvalue weighted by Gasteiger charge is 2.00. The van der Waals surface area contributed by atoms with E-state index in [1.54, 1.807) is 13.0 Å². The first kappa shape index (κ1) is 13.0. The van der Waals surface area contributed by atoms with Crippen molar-refractivity contribution in [2.45, 2.75) is 26.7 Å². The van der Waals surface area contributed by atoms with E-state index in [4.69, 9.17) is 11.6 Å². The van der Waals surface area contributed by atoms with E-state index in [0.717, 1.165) is 17.0 Å². The third-order valence-electron chi connectivity index (χ3n) is 2.31. The predicted molar refractivity (Wildman–Crippen MR) is 68.2 cm³/mol. The molecule has 0 heterocycles. The molecule has 0 aliphatic rings. The SMILES string of the molecule is C/C=C/C/C=C(/Cl)Cc1ccc(F)c(C)c1. The van der Waals surface area contributed by atoms with Gasteiger partial charge >= 0.3 is 0 Å². The topological polar surface area (TPSA) is 0 Å². The standard InChI is InChI=1S/C14H16ClF/c1-3-4-5-6-13(15)10-12-7-8-14(16)11(2)9-12/h3-4,6-9H,5,10H2,1-2H3/b4-3+,13-6+. The molecule has 0 atom stereocenters. The second-order valence-electron chi connectivity index (χ2n) is 3.72. The molecule has 16 heavy (non-hydrogen) atoms. The number of hydrogen-bond acceptors (Lipinski definition) is 0. The van der Waals surface area contributed by atoms with Crippen LogP contribution in [0.25, 0.3) is 0 Å². The van der Waals surface area contributed by atoms with Gasteiger partial charge in [0.1, 0.15) is 5.82 Å². The third kappa shape index (κ3) is 4.19. The molecule has 0 amide bonds. The van der Waals surface area contributed by atoms with Gasteiger partial charge in [-0.2, -0.15) is 0 Å². The Morgan fingerprint density at radius 1 is 1.44 bits per heavy atom. The number of allylic oxidation sites excluding steroid dienone is 4. The summed E-state index contributed by atoms with van der Waals surface area (Å²) in [6, 6.07) is 5.09. The first-order valence-corrected chi connectivity index (χ1v) is 5.72. The van der Waals surface area contributed by atoms with Crippen molar-refractivity contribution < 1.29 is 4.39 Å². The second-order valence-corrected chi connectivity index (χ2v) is 4.20. The van der Waals surface area contributed by atoms with Crippen LogP contribution in [0.15, 0.2) is 41.5 Å². The van der Waals surface area contributed by atoms with Gasteiger partial charge in [0, 0.05) is 11.5 Å². The van der Waals surface area contributed by atoms with Crippen molar-refractivity contribution in [1.82, 2.24) is 0 Å². The number of hydrogen-bond donors (Lipinski definition) is 0. The second kappa shape index (κ2) is 6.49. The van der Waals surface area contributed by atoms with Gasteiger partial charge < -0.3 is 0 Å². The summed E-state index contributed by atoms with van der Waals surface area (Å²) in [7, 11) is 0. The number of benzene rings is 1. The summed E-state index contributed by atoms with van der Waals surface area (Å²) < 4.78 is 13.0. The van der Waals surface area contributed by atoms with Gasteiger partial charge in [-0.25, -0.2) is 4.39 Å². The van der Waals surface area contributed by atoms with Crippen LogP contribution in [0.1, 0.15) is 24.5 Å². The fourth-order valence-corrected chi connectivity index (χ4v) is 1.66. The average molecular weight is 239 g/mol. The van der Waals surface area contributed by atoms with Gasteiger partial charge in [-0.3, -0.25) is 0 Å². The number of aryl methyl sites for hydroxylation is 1. The lowest BCUT2D eigenvalue weighted by Crippen LogP contribution is -1.89. The summed E-state index contributed by atoms with van der Waals surface area (Å²) in [4.78, 5) is 0. The molecule has 0 unspecified atom stereocenters. The van der Waals surface area contributed by atoms with Gasteiger partial charge in [0.2, 0.25) is 0 Å². The normalized spacial score (nSPS) is 12.4. The smallest absolute Gasteiger partial charge is 0.126 e. The van der Waals surface area contributed by atoms with Crippen LogP contribution in [0.2, 0.25) is 0 Å². The molecule has 0 radical (unpaired) electrons. The minimum atomic E-state index is -0.169. The van der Waals surface area contributed by atoms with Crippen molar-refractivity contribution in [3.05, 3.63) is 58.4 Å². The molecule has 0 fully saturated rings. The molecule has 0 aliphatic carbocycles. The number of rotatable bonds is 4. The third-order valence-corrected chi connectivity index (χ3v) is 2.59. The van der Waals surface area contributed by atoms with E-state index in [0.29, 0.717) is 12.0 Å². The highest BCUT2D eigenvalue weighted by molar-refractivity contribution is 6.29. The summed E-state index contributed by atoms with van der Waals surface area (Å²) >= 11 is 6.08. The molecule has 0 N–H and O–H groups in total. The Balaban J connectivity index is 2.65. The molecule has 1 rings (SSSR count). The van der Waals surface area contributed by atoms with E-state index in [-0.39, 0.29) is 5.82 Å². The predicted octanol–water partition coefficient (Wildman–Crippen LogP) is 4.77. The molecular formula is C14H16ClF. The fourth-order valence-electron chi connectivity index (χ4n) is 1.42. The van der Waals surface area contributed by atoms with Crippen LogP contribution in [-0.2, 0) is 6.42 Å². The van der Waals surface area contributed by atoms with Crippen molar-refractivity contribution >= 4 is 11.6 Å². The first-order valence-electron chi connectivity index (χ1n) is 5.34. The van der Waals surface area contributed by atoms with Crippen molar-refractivity contribution in [1.29, 1.82) is 0 Å². The van der Waals surface area contributed by atoms with Crippen LogP contribution < -0.4 is 0 Å². The van der Waals surface area contributed by atoms with E-state index in [1.165, 1.54) is 6.07 Å². The zero-order valence-electron chi connectivity index (χ0n) is 9.63. The van der Waals surface area contributed by atoms with Crippen LogP contribution in [-0.4, -0.2) is 0 Å². The van der Waals surface area contributed by atoms with Gasteiger partial charge in [-0.05, 0) is 37.5 Å². The minimum Gasteiger partial charge on any atom is -0.207 e. The van der Waals surface area contributed by atoms with Crippen LogP contribution in [0, 0.1) is 12.7 Å². The van der Waals surface area contributed by atoms with E-state index < -0.39 is 0 Å². The molecule has 0 saturated heterocycles. The van der Waals surface area contributed by atoms with Crippen molar-refractivity contribution in [2.75, 3.05) is 0 Å². The first-order chi connectivity index (χ1) is 7.63. The minimum absolute atomic E-state index is 0.169. The summed E-state index contributed by atoms with van der Waals surface area (Å²) in [5, 5.41) is 0.795. The lowest BCUT2D eigenvalue weighted by atomic mass is 10.1.